The summed E-state index contributed by atoms with van der Waals surface area (Å²) in [6.45, 7) is 11.6. The number of hydrogen-bond acceptors (Lipinski definition) is 3. The van der Waals surface area contributed by atoms with Gasteiger partial charge < -0.3 is 15.5 Å². The van der Waals surface area contributed by atoms with Gasteiger partial charge in [-0.25, -0.2) is 0 Å². The third-order valence-electron chi connectivity index (χ3n) is 4.74. The standard InChI is InChI=1S/C15H29N3O/c1-12(2)18-8-5-13(10-18)9-17-14(19)15(3)6-4-7-16-11-15/h12-13,16H,4-11H2,1-3H3,(H,17,19). The van der Waals surface area contributed by atoms with Crippen LogP contribution in [0.2, 0.25) is 0 Å². The molecule has 4 nitrogen and oxygen atoms in total. The van der Waals surface area contributed by atoms with E-state index >= 15 is 0 Å². The van der Waals surface area contributed by atoms with Gasteiger partial charge in [0.25, 0.3) is 0 Å². The van der Waals surface area contributed by atoms with E-state index < -0.39 is 0 Å². The largest absolute Gasteiger partial charge is 0.355 e. The number of nitrogens with zero attached hydrogens (tertiary/aromatic N) is 1. The molecule has 2 unspecified atom stereocenters. The molecule has 2 rings (SSSR count). The number of piperidine rings is 1. The number of amides is 1. The lowest BCUT2D eigenvalue weighted by molar-refractivity contribution is -0.131. The quantitative estimate of drug-likeness (QED) is 0.805. The topological polar surface area (TPSA) is 44.4 Å². The second kappa shape index (κ2) is 6.23. The fraction of sp³-hybridized carbons (Fsp3) is 0.933. The molecule has 2 aliphatic rings. The average molecular weight is 267 g/mol. The van der Waals surface area contributed by atoms with Crippen LogP contribution in [0.5, 0.6) is 0 Å². The molecule has 1 amide bonds. The van der Waals surface area contributed by atoms with Crippen molar-refractivity contribution in [1.82, 2.24) is 15.5 Å². The fourth-order valence-electron chi connectivity index (χ4n) is 3.20. The van der Waals surface area contributed by atoms with Crippen molar-refractivity contribution >= 4 is 5.91 Å². The van der Waals surface area contributed by atoms with Gasteiger partial charge in [-0.15, -0.1) is 0 Å². The van der Waals surface area contributed by atoms with E-state index in [4.69, 9.17) is 0 Å². The summed E-state index contributed by atoms with van der Waals surface area (Å²) in [4.78, 5) is 14.8. The van der Waals surface area contributed by atoms with Crippen molar-refractivity contribution < 1.29 is 4.79 Å². The lowest BCUT2D eigenvalue weighted by Crippen LogP contribution is -2.49. The maximum Gasteiger partial charge on any atom is 0.227 e. The highest BCUT2D eigenvalue weighted by atomic mass is 16.2. The lowest BCUT2D eigenvalue weighted by atomic mass is 9.82. The van der Waals surface area contributed by atoms with Crippen molar-refractivity contribution in [3.05, 3.63) is 0 Å². The predicted molar refractivity (Wildman–Crippen MR) is 78.0 cm³/mol. The zero-order chi connectivity index (χ0) is 13.9. The monoisotopic (exact) mass is 267 g/mol. The van der Waals surface area contributed by atoms with Crippen LogP contribution in [0, 0.1) is 11.3 Å². The Morgan fingerprint density at radius 3 is 2.89 bits per heavy atom. The maximum absolute atomic E-state index is 12.3. The first-order valence-corrected chi connectivity index (χ1v) is 7.74. The molecule has 4 heteroatoms. The molecule has 110 valence electrons. The van der Waals surface area contributed by atoms with Crippen LogP contribution in [-0.2, 0) is 4.79 Å². The van der Waals surface area contributed by atoms with E-state index in [-0.39, 0.29) is 11.3 Å². The van der Waals surface area contributed by atoms with Gasteiger partial charge in [0, 0.05) is 25.7 Å². The van der Waals surface area contributed by atoms with Crippen LogP contribution in [0.4, 0.5) is 0 Å². The SMILES string of the molecule is CC(C)N1CCC(CNC(=O)C2(C)CCCNC2)C1. The lowest BCUT2D eigenvalue weighted by Gasteiger charge is -2.33. The van der Waals surface area contributed by atoms with Crippen molar-refractivity contribution in [2.24, 2.45) is 11.3 Å². The van der Waals surface area contributed by atoms with Crippen LogP contribution in [-0.4, -0.2) is 49.6 Å². The highest BCUT2D eigenvalue weighted by Crippen LogP contribution is 2.26. The third-order valence-corrected chi connectivity index (χ3v) is 4.74. The van der Waals surface area contributed by atoms with Gasteiger partial charge in [-0.3, -0.25) is 4.79 Å². The Morgan fingerprint density at radius 2 is 2.32 bits per heavy atom. The fourth-order valence-corrected chi connectivity index (χ4v) is 3.20. The van der Waals surface area contributed by atoms with Crippen molar-refractivity contribution in [3.63, 3.8) is 0 Å². The Morgan fingerprint density at radius 1 is 1.53 bits per heavy atom. The summed E-state index contributed by atoms with van der Waals surface area (Å²) < 4.78 is 0. The van der Waals surface area contributed by atoms with E-state index in [2.05, 4.69) is 36.3 Å². The highest BCUT2D eigenvalue weighted by Gasteiger charge is 2.35. The van der Waals surface area contributed by atoms with Crippen molar-refractivity contribution in [2.45, 2.75) is 46.1 Å². The molecule has 0 aliphatic carbocycles. The second-order valence-electron chi connectivity index (χ2n) is 6.79. The molecule has 0 saturated carbocycles. The molecule has 0 aromatic carbocycles. The summed E-state index contributed by atoms with van der Waals surface area (Å²) in [5.41, 5.74) is -0.200. The van der Waals surface area contributed by atoms with Gasteiger partial charge in [-0.05, 0) is 59.0 Å². The zero-order valence-electron chi connectivity index (χ0n) is 12.7. The number of hydrogen-bond donors (Lipinski definition) is 2. The number of carbonyl (C=O) groups is 1. The molecule has 0 radical (unpaired) electrons. The summed E-state index contributed by atoms with van der Waals surface area (Å²) in [6.07, 6.45) is 3.33. The summed E-state index contributed by atoms with van der Waals surface area (Å²) in [6, 6.07) is 0.626. The van der Waals surface area contributed by atoms with Gasteiger partial charge in [0.15, 0.2) is 0 Å². The minimum atomic E-state index is -0.200. The zero-order valence-corrected chi connectivity index (χ0v) is 12.7. The molecule has 2 heterocycles. The van der Waals surface area contributed by atoms with E-state index in [0.29, 0.717) is 12.0 Å². The molecule has 2 aliphatic heterocycles. The van der Waals surface area contributed by atoms with Gasteiger partial charge in [-0.1, -0.05) is 0 Å². The Bertz CT molecular complexity index is 311. The number of rotatable bonds is 4. The summed E-state index contributed by atoms with van der Waals surface area (Å²) in [7, 11) is 0. The van der Waals surface area contributed by atoms with Gasteiger partial charge >= 0.3 is 0 Å². The molecule has 2 saturated heterocycles. The van der Waals surface area contributed by atoms with Crippen LogP contribution >= 0.6 is 0 Å². The van der Waals surface area contributed by atoms with Crippen molar-refractivity contribution in [3.8, 4) is 0 Å². The molecular formula is C15H29N3O. The number of carbonyl (C=O) groups excluding carboxylic acids is 1. The van der Waals surface area contributed by atoms with Crippen LogP contribution in [0.25, 0.3) is 0 Å². The molecule has 2 N–H and O–H groups in total. The molecule has 19 heavy (non-hydrogen) atoms. The summed E-state index contributed by atoms with van der Waals surface area (Å²) in [5, 5.41) is 6.53. The van der Waals surface area contributed by atoms with Crippen LogP contribution in [0.1, 0.15) is 40.0 Å². The number of nitrogens with one attached hydrogen (secondary N) is 2. The van der Waals surface area contributed by atoms with Crippen molar-refractivity contribution in [1.29, 1.82) is 0 Å². The minimum Gasteiger partial charge on any atom is -0.355 e. The van der Waals surface area contributed by atoms with Crippen LogP contribution in [0.15, 0.2) is 0 Å². The van der Waals surface area contributed by atoms with E-state index in [1.807, 2.05) is 0 Å². The summed E-state index contributed by atoms with van der Waals surface area (Å²) in [5.74, 6) is 0.870. The van der Waals surface area contributed by atoms with Gasteiger partial charge in [0.2, 0.25) is 5.91 Å². The molecule has 0 spiro atoms. The molecule has 0 aromatic heterocycles. The molecule has 0 aromatic rings. The Labute approximate surface area is 117 Å². The Hall–Kier alpha value is -0.610. The first kappa shape index (κ1) is 14.8. The number of likely N-dealkylation sites (tertiary alicyclic amines) is 1. The highest BCUT2D eigenvalue weighted by molar-refractivity contribution is 5.82. The van der Waals surface area contributed by atoms with Gasteiger partial charge in [-0.2, -0.15) is 0 Å². The molecule has 2 fully saturated rings. The second-order valence-corrected chi connectivity index (χ2v) is 6.79. The van der Waals surface area contributed by atoms with Gasteiger partial charge in [0.1, 0.15) is 0 Å². The Kier molecular flexibility index (Phi) is 4.85. The van der Waals surface area contributed by atoms with E-state index in [1.54, 1.807) is 0 Å². The average Bonchev–Trinajstić information content (AvgIpc) is 2.85. The van der Waals surface area contributed by atoms with E-state index in [9.17, 15) is 4.79 Å². The maximum atomic E-state index is 12.3. The van der Waals surface area contributed by atoms with Gasteiger partial charge in [0.05, 0.1) is 5.41 Å². The first-order valence-electron chi connectivity index (χ1n) is 7.74. The Balaban J connectivity index is 1.75. The minimum absolute atomic E-state index is 0.200. The first-order chi connectivity index (χ1) is 9.01. The van der Waals surface area contributed by atoms with Crippen LogP contribution in [0.3, 0.4) is 0 Å². The molecular weight excluding hydrogens is 238 g/mol. The van der Waals surface area contributed by atoms with Crippen LogP contribution < -0.4 is 10.6 Å². The smallest absolute Gasteiger partial charge is 0.227 e. The molecule has 0 bridgehead atoms. The molecule has 2 atom stereocenters. The van der Waals surface area contributed by atoms with Crippen molar-refractivity contribution in [2.75, 3.05) is 32.7 Å². The normalized spacial score (nSPS) is 32.7. The van der Waals surface area contributed by atoms with E-state index in [1.165, 1.54) is 13.0 Å². The third kappa shape index (κ3) is 3.69. The van der Waals surface area contributed by atoms with E-state index in [0.717, 1.165) is 39.0 Å². The predicted octanol–water partition coefficient (Wildman–Crippen LogP) is 1.22. The summed E-state index contributed by atoms with van der Waals surface area (Å²) >= 11 is 0.